The van der Waals surface area contributed by atoms with Crippen LogP contribution in [0.1, 0.15) is 23.2 Å². The highest BCUT2D eigenvalue weighted by atomic mass is 35.5. The lowest BCUT2D eigenvalue weighted by Gasteiger charge is -2.31. The fourth-order valence-electron chi connectivity index (χ4n) is 2.34. The molecule has 0 unspecified atom stereocenters. The summed E-state index contributed by atoms with van der Waals surface area (Å²) in [6.45, 7) is 1.33. The first-order valence-corrected chi connectivity index (χ1v) is 6.45. The molecule has 0 saturated carbocycles. The Morgan fingerprint density at radius 1 is 1.40 bits per heavy atom. The Morgan fingerprint density at radius 2 is 2.05 bits per heavy atom. The zero-order valence-electron chi connectivity index (χ0n) is 11.7. The van der Waals surface area contributed by atoms with Gasteiger partial charge in [-0.15, -0.1) is 12.4 Å². The van der Waals surface area contributed by atoms with Crippen LogP contribution in [0.4, 0.5) is 4.39 Å². The lowest BCUT2D eigenvalue weighted by molar-refractivity contribution is 0.0702. The molecular formula is C14H20ClFN2O2. The Hall–Kier alpha value is -1.33. The van der Waals surface area contributed by atoms with E-state index in [-0.39, 0.29) is 23.9 Å². The Balaban J connectivity index is 0.00000200. The molecule has 1 aliphatic heterocycles. The Labute approximate surface area is 124 Å². The van der Waals surface area contributed by atoms with E-state index in [4.69, 9.17) is 4.74 Å². The van der Waals surface area contributed by atoms with Gasteiger partial charge in [-0.05, 0) is 32.0 Å². The maximum absolute atomic E-state index is 13.8. The van der Waals surface area contributed by atoms with E-state index in [1.54, 1.807) is 11.0 Å². The van der Waals surface area contributed by atoms with E-state index < -0.39 is 5.82 Å². The van der Waals surface area contributed by atoms with Gasteiger partial charge in [0.15, 0.2) is 0 Å². The standard InChI is InChI=1S/C14H19FN2O2.ClH/c1-16-10-5-7-17(8-6-10)14(18)12-4-3-11(19-2)9-13(12)15;/h3-4,9-10,16H,5-8H2,1-2H3;1H. The molecule has 6 heteroatoms. The molecular weight excluding hydrogens is 283 g/mol. The van der Waals surface area contributed by atoms with Crippen molar-refractivity contribution in [1.82, 2.24) is 10.2 Å². The molecule has 112 valence electrons. The fraction of sp³-hybridized carbons (Fsp3) is 0.500. The number of hydrogen-bond acceptors (Lipinski definition) is 3. The molecule has 1 aliphatic rings. The van der Waals surface area contributed by atoms with E-state index in [9.17, 15) is 9.18 Å². The SMILES string of the molecule is CNC1CCN(C(=O)c2ccc(OC)cc2F)CC1.Cl. The van der Waals surface area contributed by atoms with Gasteiger partial charge >= 0.3 is 0 Å². The molecule has 0 aromatic heterocycles. The van der Waals surface area contributed by atoms with Gasteiger partial charge in [0.25, 0.3) is 5.91 Å². The van der Waals surface area contributed by atoms with Gasteiger partial charge in [0.1, 0.15) is 11.6 Å². The first-order chi connectivity index (χ1) is 9.15. The third-order valence-corrected chi connectivity index (χ3v) is 3.60. The minimum atomic E-state index is -0.528. The normalized spacial score (nSPS) is 15.7. The molecule has 1 amide bonds. The zero-order valence-corrected chi connectivity index (χ0v) is 12.5. The lowest BCUT2D eigenvalue weighted by Crippen LogP contribution is -2.44. The fourth-order valence-corrected chi connectivity index (χ4v) is 2.34. The van der Waals surface area contributed by atoms with Crippen LogP contribution in [-0.4, -0.2) is 44.1 Å². The Morgan fingerprint density at radius 3 is 2.55 bits per heavy atom. The van der Waals surface area contributed by atoms with Crippen LogP contribution in [-0.2, 0) is 0 Å². The van der Waals surface area contributed by atoms with Crippen LogP contribution in [0.2, 0.25) is 0 Å². The van der Waals surface area contributed by atoms with Crippen molar-refractivity contribution in [3.05, 3.63) is 29.6 Å². The number of rotatable bonds is 3. The molecule has 1 saturated heterocycles. The number of likely N-dealkylation sites (tertiary alicyclic amines) is 1. The largest absolute Gasteiger partial charge is 0.497 e. The van der Waals surface area contributed by atoms with Crippen molar-refractivity contribution in [2.45, 2.75) is 18.9 Å². The smallest absolute Gasteiger partial charge is 0.256 e. The van der Waals surface area contributed by atoms with Crippen LogP contribution in [0.5, 0.6) is 5.75 Å². The van der Waals surface area contributed by atoms with Crippen molar-refractivity contribution >= 4 is 18.3 Å². The zero-order chi connectivity index (χ0) is 13.8. The van der Waals surface area contributed by atoms with Crippen LogP contribution < -0.4 is 10.1 Å². The molecule has 1 N–H and O–H groups in total. The number of carbonyl (C=O) groups is 1. The van der Waals surface area contributed by atoms with E-state index in [2.05, 4.69) is 5.32 Å². The van der Waals surface area contributed by atoms with Crippen molar-refractivity contribution < 1.29 is 13.9 Å². The summed E-state index contributed by atoms with van der Waals surface area (Å²) in [5, 5.41) is 3.20. The number of methoxy groups -OCH3 is 1. The number of ether oxygens (including phenoxy) is 1. The van der Waals surface area contributed by atoms with Gasteiger partial charge in [0.05, 0.1) is 12.7 Å². The monoisotopic (exact) mass is 302 g/mol. The highest BCUT2D eigenvalue weighted by Gasteiger charge is 2.24. The van der Waals surface area contributed by atoms with E-state index in [0.717, 1.165) is 12.8 Å². The third-order valence-electron chi connectivity index (χ3n) is 3.60. The van der Waals surface area contributed by atoms with Gasteiger partial charge in [-0.2, -0.15) is 0 Å². The van der Waals surface area contributed by atoms with Crippen LogP contribution in [0.15, 0.2) is 18.2 Å². The second-order valence-electron chi connectivity index (χ2n) is 4.70. The summed E-state index contributed by atoms with van der Waals surface area (Å²) in [6, 6.07) is 4.79. The third kappa shape index (κ3) is 3.61. The lowest BCUT2D eigenvalue weighted by atomic mass is 10.0. The highest BCUT2D eigenvalue weighted by molar-refractivity contribution is 5.94. The minimum absolute atomic E-state index is 0. The quantitative estimate of drug-likeness (QED) is 0.929. The topological polar surface area (TPSA) is 41.6 Å². The molecule has 2 rings (SSSR count). The summed E-state index contributed by atoms with van der Waals surface area (Å²) in [6.07, 6.45) is 1.81. The predicted octanol–water partition coefficient (Wildman–Crippen LogP) is 2.08. The van der Waals surface area contributed by atoms with Gasteiger partial charge in [0, 0.05) is 25.2 Å². The van der Waals surface area contributed by atoms with Gasteiger partial charge in [-0.3, -0.25) is 4.79 Å². The molecule has 20 heavy (non-hydrogen) atoms. The molecule has 4 nitrogen and oxygen atoms in total. The number of piperidine rings is 1. The van der Waals surface area contributed by atoms with Crippen LogP contribution in [0, 0.1) is 5.82 Å². The summed E-state index contributed by atoms with van der Waals surface area (Å²) in [7, 11) is 3.39. The molecule has 1 heterocycles. The summed E-state index contributed by atoms with van der Waals surface area (Å²) in [4.78, 5) is 13.9. The number of hydrogen-bond donors (Lipinski definition) is 1. The van der Waals surface area contributed by atoms with Crippen molar-refractivity contribution in [1.29, 1.82) is 0 Å². The Kier molecular flexibility index (Phi) is 6.23. The first-order valence-electron chi connectivity index (χ1n) is 6.45. The van der Waals surface area contributed by atoms with E-state index >= 15 is 0 Å². The molecule has 1 fully saturated rings. The predicted molar refractivity (Wildman–Crippen MR) is 78.2 cm³/mol. The molecule has 0 aliphatic carbocycles. The summed E-state index contributed by atoms with van der Waals surface area (Å²) >= 11 is 0. The molecule has 1 aromatic carbocycles. The second kappa shape index (κ2) is 7.45. The number of benzene rings is 1. The van der Waals surface area contributed by atoms with Crippen LogP contribution in [0.25, 0.3) is 0 Å². The van der Waals surface area contributed by atoms with Crippen LogP contribution in [0.3, 0.4) is 0 Å². The van der Waals surface area contributed by atoms with Gasteiger partial charge in [0.2, 0.25) is 0 Å². The number of nitrogens with zero attached hydrogens (tertiary/aromatic N) is 1. The summed E-state index contributed by atoms with van der Waals surface area (Å²) in [5.41, 5.74) is 0.115. The van der Waals surface area contributed by atoms with Gasteiger partial charge < -0.3 is 15.0 Å². The summed E-state index contributed by atoms with van der Waals surface area (Å²) in [5.74, 6) is -0.349. The number of carbonyl (C=O) groups excluding carboxylic acids is 1. The van der Waals surface area contributed by atoms with Crippen molar-refractivity contribution in [3.63, 3.8) is 0 Å². The maximum atomic E-state index is 13.8. The minimum Gasteiger partial charge on any atom is -0.497 e. The number of amides is 1. The molecule has 1 aromatic rings. The average molecular weight is 303 g/mol. The number of halogens is 2. The van der Waals surface area contributed by atoms with Gasteiger partial charge in [-0.1, -0.05) is 0 Å². The van der Waals surface area contributed by atoms with E-state index in [1.165, 1.54) is 19.2 Å². The van der Waals surface area contributed by atoms with Crippen molar-refractivity contribution in [3.8, 4) is 5.75 Å². The highest BCUT2D eigenvalue weighted by Crippen LogP contribution is 2.19. The van der Waals surface area contributed by atoms with Gasteiger partial charge in [-0.25, -0.2) is 4.39 Å². The van der Waals surface area contributed by atoms with Crippen molar-refractivity contribution in [2.24, 2.45) is 0 Å². The Bertz CT molecular complexity index is 462. The molecule has 0 bridgehead atoms. The molecule has 0 atom stereocenters. The van der Waals surface area contributed by atoms with E-state index in [1.807, 2.05) is 7.05 Å². The maximum Gasteiger partial charge on any atom is 0.256 e. The van der Waals surface area contributed by atoms with E-state index in [0.29, 0.717) is 24.9 Å². The molecule has 0 spiro atoms. The first kappa shape index (κ1) is 16.7. The average Bonchev–Trinajstić information content (AvgIpc) is 2.46. The summed E-state index contributed by atoms with van der Waals surface area (Å²) < 4.78 is 18.8. The van der Waals surface area contributed by atoms with Crippen molar-refractivity contribution in [2.75, 3.05) is 27.2 Å². The number of nitrogens with one attached hydrogen (secondary N) is 1. The second-order valence-corrected chi connectivity index (χ2v) is 4.70. The van der Waals surface area contributed by atoms with Crippen LogP contribution >= 0.6 is 12.4 Å². The molecule has 0 radical (unpaired) electrons.